The van der Waals surface area contributed by atoms with Gasteiger partial charge in [0, 0.05) is 6.07 Å². The summed E-state index contributed by atoms with van der Waals surface area (Å²) in [6, 6.07) is 5.27. The Morgan fingerprint density at radius 1 is 1.29 bits per heavy atom. The van der Waals surface area contributed by atoms with Gasteiger partial charge in [-0.3, -0.25) is 0 Å². The van der Waals surface area contributed by atoms with Gasteiger partial charge >= 0.3 is 0 Å². The van der Waals surface area contributed by atoms with E-state index < -0.39 is 0 Å². The third kappa shape index (κ3) is 2.95. The van der Waals surface area contributed by atoms with Crippen LogP contribution < -0.4 is 4.74 Å². The van der Waals surface area contributed by atoms with Gasteiger partial charge in [0.05, 0.1) is 7.11 Å². The van der Waals surface area contributed by atoms with Crippen molar-refractivity contribution in [2.24, 2.45) is 5.41 Å². The van der Waals surface area contributed by atoms with Crippen LogP contribution in [0.25, 0.3) is 0 Å². The van der Waals surface area contributed by atoms with Gasteiger partial charge in [-0.2, -0.15) is 0 Å². The van der Waals surface area contributed by atoms with Gasteiger partial charge in [-0.25, -0.2) is 0 Å². The van der Waals surface area contributed by atoms with Gasteiger partial charge in [0.25, 0.3) is 0 Å². The topological polar surface area (TPSA) is 29.5 Å². The summed E-state index contributed by atoms with van der Waals surface area (Å²) in [6.07, 6.45) is 0.941. The molecule has 0 spiro atoms. The van der Waals surface area contributed by atoms with Crippen molar-refractivity contribution in [1.29, 1.82) is 0 Å². The Morgan fingerprint density at radius 2 is 1.93 bits per heavy atom. The molecule has 2 heteroatoms. The van der Waals surface area contributed by atoms with E-state index in [0.717, 1.165) is 17.7 Å². The second-order valence-electron chi connectivity index (χ2n) is 4.73. The summed E-state index contributed by atoms with van der Waals surface area (Å²) in [7, 11) is 1.63. The predicted molar refractivity (Wildman–Crippen MR) is 57.8 cm³/mol. The van der Waals surface area contributed by atoms with Gasteiger partial charge in [0.1, 0.15) is 11.5 Å². The first-order chi connectivity index (χ1) is 6.42. The zero-order valence-electron chi connectivity index (χ0n) is 9.29. The van der Waals surface area contributed by atoms with Crippen LogP contribution in [0, 0.1) is 5.41 Å². The van der Waals surface area contributed by atoms with Crippen molar-refractivity contribution in [3.8, 4) is 11.5 Å². The van der Waals surface area contributed by atoms with Crippen LogP contribution in [-0.2, 0) is 6.42 Å². The van der Waals surface area contributed by atoms with E-state index in [1.807, 2.05) is 6.07 Å². The lowest BCUT2D eigenvalue weighted by atomic mass is 9.88. The van der Waals surface area contributed by atoms with Gasteiger partial charge < -0.3 is 9.84 Å². The van der Waals surface area contributed by atoms with E-state index in [9.17, 15) is 5.11 Å². The highest BCUT2D eigenvalue weighted by Gasteiger charge is 2.14. The number of methoxy groups -OCH3 is 1. The Kier molecular flexibility index (Phi) is 3.04. The molecule has 2 nitrogen and oxygen atoms in total. The summed E-state index contributed by atoms with van der Waals surface area (Å²) in [4.78, 5) is 0. The van der Waals surface area contributed by atoms with Gasteiger partial charge in [-0.15, -0.1) is 0 Å². The fraction of sp³-hybridized carbons (Fsp3) is 0.500. The average molecular weight is 194 g/mol. The summed E-state index contributed by atoms with van der Waals surface area (Å²) in [5.41, 5.74) is 1.36. The van der Waals surface area contributed by atoms with E-state index in [4.69, 9.17) is 4.74 Å². The van der Waals surface area contributed by atoms with E-state index >= 15 is 0 Å². The third-order valence-electron chi connectivity index (χ3n) is 1.99. The van der Waals surface area contributed by atoms with E-state index in [0.29, 0.717) is 0 Å². The van der Waals surface area contributed by atoms with Crippen LogP contribution in [0.15, 0.2) is 18.2 Å². The van der Waals surface area contributed by atoms with Gasteiger partial charge in [-0.05, 0) is 23.5 Å². The highest BCUT2D eigenvalue weighted by atomic mass is 16.5. The molecule has 0 fully saturated rings. The molecule has 0 aromatic heterocycles. The molecule has 0 saturated heterocycles. The number of ether oxygens (including phenoxy) is 1. The molecular weight excluding hydrogens is 176 g/mol. The Labute approximate surface area is 85.5 Å². The zero-order valence-corrected chi connectivity index (χ0v) is 9.29. The lowest BCUT2D eigenvalue weighted by Gasteiger charge is -2.19. The van der Waals surface area contributed by atoms with Crippen LogP contribution in [-0.4, -0.2) is 12.2 Å². The first-order valence-corrected chi connectivity index (χ1v) is 4.78. The number of hydrogen-bond acceptors (Lipinski definition) is 2. The molecule has 0 bridgehead atoms. The molecule has 1 aromatic rings. The predicted octanol–water partition coefficient (Wildman–Crippen LogP) is 2.99. The molecule has 1 N–H and O–H groups in total. The lowest BCUT2D eigenvalue weighted by Crippen LogP contribution is -2.09. The first-order valence-electron chi connectivity index (χ1n) is 4.78. The monoisotopic (exact) mass is 194 g/mol. The Morgan fingerprint density at radius 3 is 2.43 bits per heavy atom. The van der Waals surface area contributed by atoms with E-state index in [1.165, 1.54) is 0 Å². The number of phenolic OH excluding ortho intramolecular Hbond substituents is 1. The number of benzene rings is 1. The van der Waals surface area contributed by atoms with Crippen molar-refractivity contribution in [1.82, 2.24) is 0 Å². The van der Waals surface area contributed by atoms with E-state index in [1.54, 1.807) is 19.2 Å². The number of aromatic hydroxyl groups is 1. The number of rotatable bonds is 2. The van der Waals surface area contributed by atoms with Crippen LogP contribution in [0.3, 0.4) is 0 Å². The summed E-state index contributed by atoms with van der Waals surface area (Å²) in [5.74, 6) is 1.01. The van der Waals surface area contributed by atoms with Crippen molar-refractivity contribution in [2.75, 3.05) is 7.11 Å². The van der Waals surface area contributed by atoms with Crippen molar-refractivity contribution < 1.29 is 9.84 Å². The molecule has 0 aliphatic heterocycles. The molecule has 0 aliphatic rings. The lowest BCUT2D eigenvalue weighted by molar-refractivity contribution is 0.375. The van der Waals surface area contributed by atoms with E-state index in [-0.39, 0.29) is 11.2 Å². The molecule has 1 aromatic carbocycles. The molecule has 1 rings (SSSR count). The smallest absolute Gasteiger partial charge is 0.125 e. The van der Waals surface area contributed by atoms with Crippen LogP contribution in [0.1, 0.15) is 26.3 Å². The van der Waals surface area contributed by atoms with Crippen LogP contribution in [0.5, 0.6) is 11.5 Å². The van der Waals surface area contributed by atoms with Gasteiger partial charge in [0.15, 0.2) is 0 Å². The minimum atomic E-state index is 0.226. The summed E-state index contributed by atoms with van der Waals surface area (Å²) in [6.45, 7) is 6.54. The van der Waals surface area contributed by atoms with Crippen molar-refractivity contribution >= 4 is 0 Å². The maximum Gasteiger partial charge on any atom is 0.125 e. The van der Waals surface area contributed by atoms with Crippen LogP contribution in [0.4, 0.5) is 0 Å². The molecule has 0 aliphatic carbocycles. The summed E-state index contributed by atoms with van der Waals surface area (Å²) < 4.78 is 5.21. The van der Waals surface area contributed by atoms with Crippen LogP contribution >= 0.6 is 0 Å². The summed E-state index contributed by atoms with van der Waals surface area (Å²) in [5, 5.41) is 9.29. The zero-order chi connectivity index (χ0) is 10.8. The molecule has 78 valence electrons. The fourth-order valence-electron chi connectivity index (χ4n) is 1.45. The maximum absolute atomic E-state index is 9.29. The second-order valence-corrected chi connectivity index (χ2v) is 4.73. The van der Waals surface area contributed by atoms with Crippen LogP contribution in [0.2, 0.25) is 0 Å². The molecule has 0 atom stereocenters. The maximum atomic E-state index is 9.29. The second kappa shape index (κ2) is 3.91. The minimum Gasteiger partial charge on any atom is -0.508 e. The quantitative estimate of drug-likeness (QED) is 0.784. The van der Waals surface area contributed by atoms with Gasteiger partial charge in [0.2, 0.25) is 0 Å². The van der Waals surface area contributed by atoms with Crippen molar-refractivity contribution in [2.45, 2.75) is 27.2 Å². The van der Waals surface area contributed by atoms with E-state index in [2.05, 4.69) is 20.8 Å². The first kappa shape index (κ1) is 10.9. The number of hydrogen-bond donors (Lipinski definition) is 1. The Balaban J connectivity index is 2.97. The highest BCUT2D eigenvalue weighted by Crippen LogP contribution is 2.29. The molecular formula is C12H18O2. The highest BCUT2D eigenvalue weighted by molar-refractivity contribution is 5.40. The standard InChI is InChI=1S/C12H18O2/c1-12(2,3)8-9-5-6-10(13)7-11(9)14-4/h5-7,13H,8H2,1-4H3. The number of phenols is 1. The largest absolute Gasteiger partial charge is 0.508 e. The molecule has 0 heterocycles. The molecule has 0 saturated carbocycles. The molecule has 14 heavy (non-hydrogen) atoms. The third-order valence-corrected chi connectivity index (χ3v) is 1.99. The molecule has 0 radical (unpaired) electrons. The van der Waals surface area contributed by atoms with Crippen molar-refractivity contribution in [3.05, 3.63) is 23.8 Å². The van der Waals surface area contributed by atoms with Gasteiger partial charge in [-0.1, -0.05) is 26.8 Å². The fourth-order valence-corrected chi connectivity index (χ4v) is 1.45. The average Bonchev–Trinajstić information content (AvgIpc) is 2.06. The normalized spacial score (nSPS) is 11.4. The summed E-state index contributed by atoms with van der Waals surface area (Å²) >= 11 is 0. The molecule has 0 unspecified atom stereocenters. The Bertz CT molecular complexity index is 311. The van der Waals surface area contributed by atoms with Crippen molar-refractivity contribution in [3.63, 3.8) is 0 Å². The minimum absolute atomic E-state index is 0.226. The Hall–Kier alpha value is -1.18. The molecule has 0 amide bonds. The SMILES string of the molecule is COc1cc(O)ccc1CC(C)(C)C.